The van der Waals surface area contributed by atoms with Crippen molar-refractivity contribution in [2.45, 2.75) is 19.3 Å². The largest absolute Gasteiger partial charge is 0.309 e. The SMILES string of the molecule is CC1(C)c2ccccc2-c2ccc3c4cc(-c5ccc6c(c5)c5ccccc5n6-c5ccc(-c6ccccc6)cc5)ccc4n(-c4ccccc4)c3c21. The minimum atomic E-state index is -0.129. The molecule has 0 spiro atoms. The topological polar surface area (TPSA) is 9.86 Å². The highest BCUT2D eigenvalue weighted by molar-refractivity contribution is 6.15. The standard InChI is InChI=1S/C51H36N2/c1-51(2)45-19-11-9-17-39(45)41-27-28-42-44-32-36(24-30-48(44)53(50(42)49(41)51)37-15-7-4-8-16-37)35-23-29-47-43(31-35)40-18-10-12-20-46(40)52(47)38-25-21-34(22-26-38)33-13-5-3-6-14-33/h3-32H,1-2H3. The fourth-order valence-electron chi connectivity index (χ4n) is 9.25. The zero-order valence-electron chi connectivity index (χ0n) is 29.7. The lowest BCUT2D eigenvalue weighted by Gasteiger charge is -2.23. The van der Waals surface area contributed by atoms with E-state index in [0.717, 1.165) is 5.69 Å². The van der Waals surface area contributed by atoms with Gasteiger partial charge in [-0.25, -0.2) is 0 Å². The minimum absolute atomic E-state index is 0.129. The van der Waals surface area contributed by atoms with Gasteiger partial charge in [-0.2, -0.15) is 0 Å². The van der Waals surface area contributed by atoms with E-state index >= 15 is 0 Å². The van der Waals surface area contributed by atoms with Crippen molar-refractivity contribution >= 4 is 43.6 Å². The maximum atomic E-state index is 2.50. The fourth-order valence-corrected chi connectivity index (χ4v) is 9.25. The molecule has 0 amide bonds. The van der Waals surface area contributed by atoms with Crippen molar-refractivity contribution in [3.05, 3.63) is 193 Å². The molecule has 10 aromatic rings. The van der Waals surface area contributed by atoms with Crippen molar-refractivity contribution in [2.24, 2.45) is 0 Å². The molecular weight excluding hydrogens is 641 g/mol. The fraction of sp³-hybridized carbons (Fsp3) is 0.0588. The Morgan fingerprint density at radius 2 is 0.906 bits per heavy atom. The number of para-hydroxylation sites is 2. The van der Waals surface area contributed by atoms with Crippen LogP contribution in [-0.2, 0) is 5.41 Å². The predicted molar refractivity (Wildman–Crippen MR) is 224 cm³/mol. The van der Waals surface area contributed by atoms with Crippen LogP contribution in [0.4, 0.5) is 0 Å². The van der Waals surface area contributed by atoms with Crippen molar-refractivity contribution in [2.75, 3.05) is 0 Å². The molecular formula is C51H36N2. The van der Waals surface area contributed by atoms with Crippen LogP contribution in [0.2, 0.25) is 0 Å². The van der Waals surface area contributed by atoms with E-state index in [1.165, 1.54) is 93.8 Å². The summed E-state index contributed by atoms with van der Waals surface area (Å²) in [6.07, 6.45) is 0. The van der Waals surface area contributed by atoms with Gasteiger partial charge in [0, 0.05) is 38.3 Å². The predicted octanol–water partition coefficient (Wildman–Crippen LogP) is 13.5. The first kappa shape index (κ1) is 30.0. The molecule has 0 fully saturated rings. The summed E-state index contributed by atoms with van der Waals surface area (Å²) in [5.41, 5.74) is 17.6. The molecule has 0 aliphatic heterocycles. The maximum absolute atomic E-state index is 2.50. The Balaban J connectivity index is 1.10. The van der Waals surface area contributed by atoms with Gasteiger partial charge >= 0.3 is 0 Å². The third kappa shape index (κ3) is 4.33. The monoisotopic (exact) mass is 676 g/mol. The van der Waals surface area contributed by atoms with Crippen LogP contribution < -0.4 is 0 Å². The second-order valence-electron chi connectivity index (χ2n) is 15.0. The normalized spacial score (nSPS) is 13.2. The minimum Gasteiger partial charge on any atom is -0.309 e. The average Bonchev–Trinajstić information content (AvgIpc) is 3.81. The Kier molecular flexibility index (Phi) is 6.33. The molecule has 0 unspecified atom stereocenters. The number of nitrogens with zero attached hydrogens (tertiary/aromatic N) is 2. The quantitative estimate of drug-likeness (QED) is 0.176. The van der Waals surface area contributed by atoms with Crippen molar-refractivity contribution in [1.29, 1.82) is 0 Å². The molecule has 1 aliphatic rings. The summed E-state index contributed by atoms with van der Waals surface area (Å²) in [7, 11) is 0. The first-order valence-corrected chi connectivity index (χ1v) is 18.5. The van der Waals surface area contributed by atoms with E-state index in [9.17, 15) is 0 Å². The van der Waals surface area contributed by atoms with Crippen LogP contribution >= 0.6 is 0 Å². The average molecular weight is 677 g/mol. The molecule has 0 N–H and O–H groups in total. The van der Waals surface area contributed by atoms with Crippen LogP contribution in [0.5, 0.6) is 0 Å². The Labute approximate surface area is 308 Å². The van der Waals surface area contributed by atoms with Gasteiger partial charge in [0.25, 0.3) is 0 Å². The van der Waals surface area contributed by atoms with Crippen molar-refractivity contribution in [3.63, 3.8) is 0 Å². The molecule has 11 rings (SSSR count). The Morgan fingerprint density at radius 3 is 1.66 bits per heavy atom. The van der Waals surface area contributed by atoms with Crippen molar-refractivity contribution < 1.29 is 0 Å². The van der Waals surface area contributed by atoms with E-state index in [1.54, 1.807) is 0 Å². The Bertz CT molecular complexity index is 3050. The summed E-state index contributed by atoms with van der Waals surface area (Å²) in [6.45, 7) is 4.78. The van der Waals surface area contributed by atoms with Gasteiger partial charge in [0.05, 0.1) is 22.1 Å². The highest BCUT2D eigenvalue weighted by atomic mass is 15.0. The zero-order chi connectivity index (χ0) is 35.3. The van der Waals surface area contributed by atoms with Crippen molar-refractivity contribution in [3.8, 4) is 44.8 Å². The maximum Gasteiger partial charge on any atom is 0.0588 e. The van der Waals surface area contributed by atoms with Crippen LogP contribution in [0.15, 0.2) is 182 Å². The third-order valence-electron chi connectivity index (χ3n) is 11.7. The molecule has 0 saturated carbocycles. The van der Waals surface area contributed by atoms with Crippen molar-refractivity contribution in [1.82, 2.24) is 9.13 Å². The molecule has 250 valence electrons. The summed E-state index contributed by atoms with van der Waals surface area (Å²) in [5.74, 6) is 0. The number of fused-ring (bicyclic) bond motifs is 10. The molecule has 2 nitrogen and oxygen atoms in total. The molecule has 8 aromatic carbocycles. The van der Waals surface area contributed by atoms with E-state index in [4.69, 9.17) is 0 Å². The number of hydrogen-bond donors (Lipinski definition) is 0. The molecule has 0 radical (unpaired) electrons. The molecule has 0 atom stereocenters. The second kappa shape index (κ2) is 11.2. The van der Waals surface area contributed by atoms with E-state index in [2.05, 4.69) is 205 Å². The molecule has 2 heterocycles. The first-order chi connectivity index (χ1) is 26.1. The van der Waals surface area contributed by atoms with Crippen LogP contribution in [-0.4, -0.2) is 9.13 Å². The molecule has 2 aromatic heterocycles. The summed E-state index contributed by atoms with van der Waals surface area (Å²) in [4.78, 5) is 0. The highest BCUT2D eigenvalue weighted by Gasteiger charge is 2.38. The van der Waals surface area contributed by atoms with E-state index in [0.29, 0.717) is 0 Å². The molecule has 0 saturated heterocycles. The Morgan fingerprint density at radius 1 is 0.358 bits per heavy atom. The lowest BCUT2D eigenvalue weighted by Crippen LogP contribution is -2.16. The molecule has 2 heteroatoms. The van der Waals surface area contributed by atoms with Gasteiger partial charge in [0.2, 0.25) is 0 Å². The van der Waals surface area contributed by atoms with Gasteiger partial charge in [0.1, 0.15) is 0 Å². The summed E-state index contributed by atoms with van der Waals surface area (Å²) >= 11 is 0. The number of benzene rings is 8. The van der Waals surface area contributed by atoms with E-state index < -0.39 is 0 Å². The van der Waals surface area contributed by atoms with Crippen LogP contribution in [0.1, 0.15) is 25.0 Å². The van der Waals surface area contributed by atoms with Gasteiger partial charge in [-0.15, -0.1) is 0 Å². The van der Waals surface area contributed by atoms with Gasteiger partial charge < -0.3 is 9.13 Å². The molecule has 53 heavy (non-hydrogen) atoms. The van der Waals surface area contributed by atoms with Crippen LogP contribution in [0.25, 0.3) is 88.4 Å². The van der Waals surface area contributed by atoms with Gasteiger partial charge in [0.15, 0.2) is 0 Å². The lowest BCUT2D eigenvalue weighted by atomic mass is 9.81. The van der Waals surface area contributed by atoms with Gasteiger partial charge in [-0.05, 0) is 99.1 Å². The van der Waals surface area contributed by atoms with E-state index in [-0.39, 0.29) is 5.41 Å². The molecule has 1 aliphatic carbocycles. The van der Waals surface area contributed by atoms with Crippen LogP contribution in [0, 0.1) is 0 Å². The third-order valence-corrected chi connectivity index (χ3v) is 11.7. The zero-order valence-corrected chi connectivity index (χ0v) is 29.7. The highest BCUT2D eigenvalue weighted by Crippen LogP contribution is 2.53. The summed E-state index contributed by atoms with van der Waals surface area (Å²) < 4.78 is 4.90. The smallest absolute Gasteiger partial charge is 0.0588 e. The lowest BCUT2D eigenvalue weighted by molar-refractivity contribution is 0.664. The first-order valence-electron chi connectivity index (χ1n) is 18.5. The Hall–Kier alpha value is -6.64. The second-order valence-corrected chi connectivity index (χ2v) is 15.0. The summed E-state index contributed by atoms with van der Waals surface area (Å²) in [6, 6.07) is 66.9. The van der Waals surface area contributed by atoms with Crippen LogP contribution in [0.3, 0.4) is 0 Å². The number of aromatic nitrogens is 2. The van der Waals surface area contributed by atoms with E-state index in [1.807, 2.05) is 0 Å². The van der Waals surface area contributed by atoms with Gasteiger partial charge in [-0.3, -0.25) is 0 Å². The molecule has 0 bridgehead atoms. The van der Waals surface area contributed by atoms with Gasteiger partial charge in [-0.1, -0.05) is 141 Å². The number of hydrogen-bond acceptors (Lipinski definition) is 0. The number of rotatable bonds is 4. The summed E-state index contributed by atoms with van der Waals surface area (Å²) in [5, 5.41) is 5.09.